The fraction of sp³-hybridized carbons (Fsp3) is 0.400. The van der Waals surface area contributed by atoms with E-state index in [2.05, 4.69) is 6.92 Å². The zero-order valence-corrected chi connectivity index (χ0v) is 11.7. The quantitative estimate of drug-likeness (QED) is 0.769. The number of primary amides is 1. The van der Waals surface area contributed by atoms with Gasteiger partial charge in [-0.05, 0) is 44.0 Å². The summed E-state index contributed by atoms with van der Waals surface area (Å²) in [5, 5.41) is 0. The summed E-state index contributed by atoms with van der Waals surface area (Å²) in [5.74, 6) is 0.916. The summed E-state index contributed by atoms with van der Waals surface area (Å²) in [6.45, 7) is 6.55. The molecule has 0 aromatic heterocycles. The van der Waals surface area contributed by atoms with Crippen LogP contribution in [0.1, 0.15) is 32.8 Å². The minimum absolute atomic E-state index is 0.131. The maximum absolute atomic E-state index is 10.7. The maximum atomic E-state index is 10.7. The molecular weight excluding hydrogens is 242 g/mol. The van der Waals surface area contributed by atoms with Crippen LogP contribution in [0.2, 0.25) is 0 Å². The number of benzene rings is 1. The molecule has 0 heterocycles. The van der Waals surface area contributed by atoms with E-state index in [0.717, 1.165) is 12.0 Å². The summed E-state index contributed by atoms with van der Waals surface area (Å²) < 4.78 is 11.3. The standard InChI is InChI=1S/C15H21NO3/c1-4-11(3)19-13-8-6-12(7-9-15(16)17)10-14(13)18-5-2/h6-11H,4-5H2,1-3H3,(H2,16,17)/b9-7+/t11-/m1/s1. The smallest absolute Gasteiger partial charge is 0.241 e. The molecule has 1 aromatic rings. The molecule has 1 atom stereocenters. The van der Waals surface area contributed by atoms with Crippen molar-refractivity contribution in [3.8, 4) is 11.5 Å². The highest BCUT2D eigenvalue weighted by molar-refractivity contribution is 5.90. The topological polar surface area (TPSA) is 61.5 Å². The Morgan fingerprint density at radius 2 is 2.11 bits per heavy atom. The van der Waals surface area contributed by atoms with E-state index < -0.39 is 5.91 Å². The molecule has 4 heteroatoms. The molecule has 0 spiro atoms. The van der Waals surface area contributed by atoms with Crippen molar-refractivity contribution in [2.45, 2.75) is 33.3 Å². The lowest BCUT2D eigenvalue weighted by molar-refractivity contribution is -0.113. The van der Waals surface area contributed by atoms with E-state index in [-0.39, 0.29) is 6.10 Å². The summed E-state index contributed by atoms with van der Waals surface area (Å²) in [7, 11) is 0. The van der Waals surface area contributed by atoms with Crippen molar-refractivity contribution in [2.24, 2.45) is 5.73 Å². The largest absolute Gasteiger partial charge is 0.490 e. The molecule has 0 saturated heterocycles. The van der Waals surface area contributed by atoms with E-state index in [1.54, 1.807) is 6.08 Å². The number of carbonyl (C=O) groups is 1. The Morgan fingerprint density at radius 1 is 1.37 bits per heavy atom. The molecule has 1 rings (SSSR count). The van der Waals surface area contributed by atoms with Gasteiger partial charge in [0.05, 0.1) is 12.7 Å². The monoisotopic (exact) mass is 263 g/mol. The molecule has 19 heavy (non-hydrogen) atoms. The lowest BCUT2D eigenvalue weighted by atomic mass is 10.2. The van der Waals surface area contributed by atoms with E-state index >= 15 is 0 Å². The Morgan fingerprint density at radius 3 is 2.68 bits per heavy atom. The third-order valence-electron chi connectivity index (χ3n) is 2.61. The molecule has 0 saturated carbocycles. The molecule has 1 amide bonds. The average molecular weight is 263 g/mol. The van der Waals surface area contributed by atoms with Gasteiger partial charge in [0.2, 0.25) is 5.91 Å². The van der Waals surface area contributed by atoms with Crippen molar-refractivity contribution in [3.63, 3.8) is 0 Å². The first-order valence-corrected chi connectivity index (χ1v) is 6.47. The van der Waals surface area contributed by atoms with Crippen molar-refractivity contribution >= 4 is 12.0 Å². The SMILES string of the molecule is CCOc1cc(/C=C/C(N)=O)ccc1O[C@H](C)CC. The fourth-order valence-corrected chi connectivity index (χ4v) is 1.47. The zero-order valence-electron chi connectivity index (χ0n) is 11.7. The second kappa shape index (κ2) is 7.46. The van der Waals surface area contributed by atoms with Gasteiger partial charge >= 0.3 is 0 Å². The van der Waals surface area contributed by atoms with Gasteiger partial charge in [0.15, 0.2) is 11.5 Å². The van der Waals surface area contributed by atoms with Crippen LogP contribution in [0.5, 0.6) is 11.5 Å². The van der Waals surface area contributed by atoms with E-state index in [1.807, 2.05) is 32.0 Å². The van der Waals surface area contributed by atoms with Crippen molar-refractivity contribution in [1.82, 2.24) is 0 Å². The Hall–Kier alpha value is -1.97. The predicted molar refractivity (Wildman–Crippen MR) is 76.2 cm³/mol. The minimum atomic E-state index is -0.474. The average Bonchev–Trinajstić information content (AvgIpc) is 2.39. The van der Waals surface area contributed by atoms with Gasteiger partial charge < -0.3 is 15.2 Å². The van der Waals surface area contributed by atoms with Gasteiger partial charge in [-0.2, -0.15) is 0 Å². The zero-order chi connectivity index (χ0) is 14.3. The van der Waals surface area contributed by atoms with Gasteiger partial charge in [-0.3, -0.25) is 4.79 Å². The molecule has 0 aliphatic heterocycles. The summed E-state index contributed by atoms with van der Waals surface area (Å²) in [6, 6.07) is 5.54. The molecule has 104 valence electrons. The number of ether oxygens (including phenoxy) is 2. The van der Waals surface area contributed by atoms with Crippen LogP contribution in [0.15, 0.2) is 24.3 Å². The first kappa shape index (κ1) is 15.1. The summed E-state index contributed by atoms with van der Waals surface area (Å²) in [5.41, 5.74) is 5.92. The third-order valence-corrected chi connectivity index (χ3v) is 2.61. The van der Waals surface area contributed by atoms with Gasteiger partial charge in [0.25, 0.3) is 0 Å². The first-order chi connectivity index (χ1) is 9.06. The molecule has 0 bridgehead atoms. The molecular formula is C15H21NO3. The Bertz CT molecular complexity index is 455. The molecule has 0 radical (unpaired) electrons. The van der Waals surface area contributed by atoms with Crippen molar-refractivity contribution < 1.29 is 14.3 Å². The molecule has 1 aromatic carbocycles. The van der Waals surface area contributed by atoms with Crippen LogP contribution in [-0.2, 0) is 4.79 Å². The summed E-state index contributed by atoms with van der Waals surface area (Å²) >= 11 is 0. The highest BCUT2D eigenvalue weighted by atomic mass is 16.5. The molecule has 2 N–H and O–H groups in total. The van der Waals surface area contributed by atoms with Gasteiger partial charge in [0, 0.05) is 6.08 Å². The van der Waals surface area contributed by atoms with Crippen LogP contribution in [0.3, 0.4) is 0 Å². The van der Waals surface area contributed by atoms with Gasteiger partial charge in [-0.1, -0.05) is 13.0 Å². The van der Waals surface area contributed by atoms with Crippen molar-refractivity contribution in [3.05, 3.63) is 29.8 Å². The fourth-order valence-electron chi connectivity index (χ4n) is 1.47. The number of rotatable bonds is 7. The van der Waals surface area contributed by atoms with Crippen molar-refractivity contribution in [1.29, 1.82) is 0 Å². The van der Waals surface area contributed by atoms with E-state index in [1.165, 1.54) is 6.08 Å². The van der Waals surface area contributed by atoms with Crippen LogP contribution in [0, 0.1) is 0 Å². The minimum Gasteiger partial charge on any atom is -0.490 e. The van der Waals surface area contributed by atoms with Crippen LogP contribution in [0.25, 0.3) is 6.08 Å². The Balaban J connectivity index is 2.96. The lowest BCUT2D eigenvalue weighted by Crippen LogP contribution is -2.11. The third kappa shape index (κ3) is 5.04. The second-order valence-electron chi connectivity index (χ2n) is 4.21. The molecule has 0 aliphatic rings. The van der Waals surface area contributed by atoms with Crippen LogP contribution in [0.4, 0.5) is 0 Å². The molecule has 0 aliphatic carbocycles. The number of amides is 1. The van der Waals surface area contributed by atoms with Crippen molar-refractivity contribution in [2.75, 3.05) is 6.61 Å². The Labute approximate surface area is 114 Å². The molecule has 0 fully saturated rings. The van der Waals surface area contributed by atoms with E-state index in [9.17, 15) is 4.79 Å². The predicted octanol–water partition coefficient (Wildman–Crippen LogP) is 2.76. The summed E-state index contributed by atoms with van der Waals surface area (Å²) in [6.07, 6.45) is 4.03. The molecule has 4 nitrogen and oxygen atoms in total. The van der Waals surface area contributed by atoms with Gasteiger partial charge in [-0.15, -0.1) is 0 Å². The normalized spacial score (nSPS) is 12.4. The lowest BCUT2D eigenvalue weighted by Gasteiger charge is -2.16. The van der Waals surface area contributed by atoms with Crippen LogP contribution in [-0.4, -0.2) is 18.6 Å². The number of hydrogen-bond acceptors (Lipinski definition) is 3. The first-order valence-electron chi connectivity index (χ1n) is 6.47. The second-order valence-corrected chi connectivity index (χ2v) is 4.21. The number of nitrogens with two attached hydrogens (primary N) is 1. The Kier molecular flexibility index (Phi) is 5.93. The highest BCUT2D eigenvalue weighted by Gasteiger charge is 2.08. The molecule has 0 unspecified atom stereocenters. The van der Waals surface area contributed by atoms with Gasteiger partial charge in [0.1, 0.15) is 0 Å². The van der Waals surface area contributed by atoms with Crippen LogP contribution < -0.4 is 15.2 Å². The van der Waals surface area contributed by atoms with Crippen LogP contribution >= 0.6 is 0 Å². The number of carbonyl (C=O) groups excluding carboxylic acids is 1. The van der Waals surface area contributed by atoms with E-state index in [4.69, 9.17) is 15.2 Å². The maximum Gasteiger partial charge on any atom is 0.241 e. The highest BCUT2D eigenvalue weighted by Crippen LogP contribution is 2.30. The number of hydrogen-bond donors (Lipinski definition) is 1. The van der Waals surface area contributed by atoms with E-state index in [0.29, 0.717) is 18.1 Å². The van der Waals surface area contributed by atoms with Gasteiger partial charge in [-0.25, -0.2) is 0 Å². The summed E-state index contributed by atoms with van der Waals surface area (Å²) in [4.78, 5) is 10.7.